The molecule has 0 spiro atoms. The van der Waals surface area contributed by atoms with Gasteiger partial charge in [-0.05, 0) is 11.5 Å². The van der Waals surface area contributed by atoms with Crippen LogP contribution in [0.2, 0.25) is 0 Å². The third-order valence-electron chi connectivity index (χ3n) is 3.04. The molecule has 2 atom stereocenters. The second-order valence-corrected chi connectivity index (χ2v) is 4.38. The van der Waals surface area contributed by atoms with Crippen molar-refractivity contribution in [3.63, 3.8) is 0 Å². The highest BCUT2D eigenvalue weighted by Crippen LogP contribution is 2.07. The minimum absolute atomic E-state index is 0.0740. The number of amides is 1. The lowest BCUT2D eigenvalue weighted by Crippen LogP contribution is -2.42. The zero-order chi connectivity index (χ0) is 13.4. The largest absolute Gasteiger partial charge is 0.445 e. The number of benzene rings is 1. The molecule has 0 saturated heterocycles. The summed E-state index contributed by atoms with van der Waals surface area (Å²) < 4.78 is 5.09. The maximum atomic E-state index is 11.6. The Hall–Kier alpha value is -1.55. The molecule has 100 valence electrons. The summed E-state index contributed by atoms with van der Waals surface area (Å²) in [5, 5.41) is 11.9. The van der Waals surface area contributed by atoms with Gasteiger partial charge in [-0.15, -0.1) is 0 Å². The van der Waals surface area contributed by atoms with E-state index in [4.69, 9.17) is 4.74 Å². The average molecular weight is 251 g/mol. The smallest absolute Gasteiger partial charge is 0.407 e. The quantitative estimate of drug-likeness (QED) is 0.815. The molecule has 0 fully saturated rings. The lowest BCUT2D eigenvalue weighted by molar-refractivity contribution is 0.121. The van der Waals surface area contributed by atoms with Crippen molar-refractivity contribution in [3.8, 4) is 0 Å². The van der Waals surface area contributed by atoms with E-state index in [1.165, 1.54) is 0 Å². The first-order chi connectivity index (χ1) is 8.67. The Morgan fingerprint density at radius 2 is 2.06 bits per heavy atom. The number of alkyl carbamates (subject to hydrolysis) is 1. The lowest BCUT2D eigenvalue weighted by atomic mass is 10.0. The number of aliphatic hydroxyl groups excluding tert-OH is 1. The van der Waals surface area contributed by atoms with Crippen molar-refractivity contribution >= 4 is 6.09 Å². The van der Waals surface area contributed by atoms with E-state index in [1.807, 2.05) is 44.2 Å². The van der Waals surface area contributed by atoms with E-state index in [2.05, 4.69) is 5.32 Å². The molecule has 0 heterocycles. The predicted octanol–water partition coefficient (Wildman–Crippen LogP) is 2.32. The van der Waals surface area contributed by atoms with Gasteiger partial charge in [0.05, 0.1) is 12.6 Å². The third kappa shape index (κ3) is 4.75. The van der Waals surface area contributed by atoms with Crippen molar-refractivity contribution in [1.82, 2.24) is 5.32 Å². The van der Waals surface area contributed by atoms with E-state index in [1.54, 1.807) is 0 Å². The number of carbonyl (C=O) groups excluding carboxylic acids is 1. The van der Waals surface area contributed by atoms with Gasteiger partial charge in [0, 0.05) is 0 Å². The Bertz CT molecular complexity index is 353. The molecule has 1 rings (SSSR count). The minimum Gasteiger partial charge on any atom is -0.445 e. The molecule has 0 aliphatic rings. The van der Waals surface area contributed by atoms with Crippen LogP contribution in [0.5, 0.6) is 0 Å². The minimum atomic E-state index is -0.488. The van der Waals surface area contributed by atoms with Gasteiger partial charge in [0.25, 0.3) is 0 Å². The van der Waals surface area contributed by atoms with Crippen LogP contribution in [0.3, 0.4) is 0 Å². The van der Waals surface area contributed by atoms with Crippen LogP contribution >= 0.6 is 0 Å². The van der Waals surface area contributed by atoms with Gasteiger partial charge in [0.1, 0.15) is 6.61 Å². The summed E-state index contributed by atoms with van der Waals surface area (Å²) in [6.45, 7) is 4.17. The lowest BCUT2D eigenvalue weighted by Gasteiger charge is -2.21. The maximum Gasteiger partial charge on any atom is 0.407 e. The van der Waals surface area contributed by atoms with Crippen LogP contribution in [0.25, 0.3) is 0 Å². The highest BCUT2D eigenvalue weighted by atomic mass is 16.5. The number of ether oxygens (including phenoxy) is 1. The van der Waals surface area contributed by atoms with Crippen molar-refractivity contribution in [1.29, 1.82) is 0 Å². The normalized spacial score (nSPS) is 13.7. The zero-order valence-electron chi connectivity index (χ0n) is 10.9. The van der Waals surface area contributed by atoms with Crippen molar-refractivity contribution in [2.24, 2.45) is 5.92 Å². The first-order valence-corrected chi connectivity index (χ1v) is 6.25. The molecule has 1 amide bonds. The highest BCUT2D eigenvalue weighted by Gasteiger charge is 2.17. The first-order valence-electron chi connectivity index (χ1n) is 6.25. The molecule has 1 aromatic carbocycles. The van der Waals surface area contributed by atoms with Gasteiger partial charge < -0.3 is 15.2 Å². The second kappa shape index (κ2) is 7.71. The van der Waals surface area contributed by atoms with Crippen LogP contribution < -0.4 is 5.32 Å². The molecule has 0 bridgehead atoms. The number of hydrogen-bond donors (Lipinski definition) is 2. The van der Waals surface area contributed by atoms with E-state index < -0.39 is 6.09 Å². The Morgan fingerprint density at radius 3 is 2.61 bits per heavy atom. The van der Waals surface area contributed by atoms with Crippen molar-refractivity contribution in [2.75, 3.05) is 6.61 Å². The predicted molar refractivity (Wildman–Crippen MR) is 70.1 cm³/mol. The number of nitrogens with one attached hydrogen (secondary N) is 1. The van der Waals surface area contributed by atoms with Crippen LogP contribution in [-0.2, 0) is 11.3 Å². The average Bonchev–Trinajstić information content (AvgIpc) is 2.42. The van der Waals surface area contributed by atoms with Gasteiger partial charge >= 0.3 is 6.09 Å². The summed E-state index contributed by atoms with van der Waals surface area (Å²) in [6, 6.07) is 9.24. The Balaban J connectivity index is 2.37. The number of hydrogen-bond acceptors (Lipinski definition) is 3. The SMILES string of the molecule is CCC(C)C(CO)NC(=O)OCc1ccccc1. The molecular weight excluding hydrogens is 230 g/mol. The Labute approximate surface area is 108 Å². The first kappa shape index (κ1) is 14.5. The maximum absolute atomic E-state index is 11.6. The van der Waals surface area contributed by atoms with E-state index in [0.29, 0.717) is 0 Å². The topological polar surface area (TPSA) is 58.6 Å². The summed E-state index contributed by atoms with van der Waals surface area (Å²) in [6.07, 6.45) is 0.405. The fourth-order valence-electron chi connectivity index (χ4n) is 1.57. The van der Waals surface area contributed by atoms with Gasteiger partial charge in [-0.3, -0.25) is 0 Å². The Morgan fingerprint density at radius 1 is 1.39 bits per heavy atom. The van der Waals surface area contributed by atoms with Gasteiger partial charge in [-0.2, -0.15) is 0 Å². The Kier molecular flexibility index (Phi) is 6.22. The molecule has 4 nitrogen and oxygen atoms in total. The number of carbonyl (C=O) groups is 1. The fourth-order valence-corrected chi connectivity index (χ4v) is 1.57. The summed E-state index contributed by atoms with van der Waals surface area (Å²) in [5.74, 6) is 0.222. The number of rotatable bonds is 6. The molecule has 2 unspecified atom stereocenters. The van der Waals surface area contributed by atoms with Crippen LogP contribution in [0.1, 0.15) is 25.8 Å². The molecule has 1 aromatic rings. The van der Waals surface area contributed by atoms with Gasteiger partial charge in [0.2, 0.25) is 0 Å². The van der Waals surface area contributed by atoms with Gasteiger partial charge in [-0.25, -0.2) is 4.79 Å². The molecule has 0 radical (unpaired) electrons. The highest BCUT2D eigenvalue weighted by molar-refractivity contribution is 5.67. The second-order valence-electron chi connectivity index (χ2n) is 4.38. The van der Waals surface area contributed by atoms with E-state index in [9.17, 15) is 9.90 Å². The summed E-state index contributed by atoms with van der Waals surface area (Å²) >= 11 is 0. The van der Waals surface area contributed by atoms with Crippen molar-refractivity contribution in [2.45, 2.75) is 32.9 Å². The van der Waals surface area contributed by atoms with Crippen molar-refractivity contribution in [3.05, 3.63) is 35.9 Å². The zero-order valence-corrected chi connectivity index (χ0v) is 10.9. The summed E-state index contributed by atoms with van der Waals surface area (Å²) in [5.41, 5.74) is 0.941. The molecule has 4 heteroatoms. The van der Waals surface area contributed by atoms with Crippen LogP contribution in [-0.4, -0.2) is 23.8 Å². The molecule has 0 aliphatic heterocycles. The van der Waals surface area contributed by atoms with Gasteiger partial charge in [-0.1, -0.05) is 50.6 Å². The van der Waals surface area contributed by atoms with Crippen LogP contribution in [0.15, 0.2) is 30.3 Å². The van der Waals surface area contributed by atoms with E-state index in [0.717, 1.165) is 12.0 Å². The molecular formula is C14H21NO3. The van der Waals surface area contributed by atoms with E-state index in [-0.39, 0.29) is 25.2 Å². The third-order valence-corrected chi connectivity index (χ3v) is 3.04. The monoisotopic (exact) mass is 251 g/mol. The standard InChI is InChI=1S/C14H21NO3/c1-3-11(2)13(9-16)15-14(17)18-10-12-7-5-4-6-8-12/h4-8,11,13,16H,3,9-10H2,1-2H3,(H,15,17). The van der Waals surface area contributed by atoms with Crippen molar-refractivity contribution < 1.29 is 14.6 Å². The molecule has 18 heavy (non-hydrogen) atoms. The van der Waals surface area contributed by atoms with Crippen LogP contribution in [0, 0.1) is 5.92 Å². The van der Waals surface area contributed by atoms with Crippen LogP contribution in [0.4, 0.5) is 4.79 Å². The molecule has 0 saturated carbocycles. The molecule has 0 aliphatic carbocycles. The fraction of sp³-hybridized carbons (Fsp3) is 0.500. The summed E-state index contributed by atoms with van der Waals surface area (Å²) in [4.78, 5) is 11.6. The van der Waals surface area contributed by atoms with E-state index >= 15 is 0 Å². The number of aliphatic hydroxyl groups is 1. The molecule has 0 aromatic heterocycles. The van der Waals surface area contributed by atoms with Gasteiger partial charge in [0.15, 0.2) is 0 Å². The molecule has 2 N–H and O–H groups in total. The summed E-state index contributed by atoms with van der Waals surface area (Å²) in [7, 11) is 0.